The molecule has 1 amide bonds. The first-order valence-electron chi connectivity index (χ1n) is 10.4. The second kappa shape index (κ2) is 9.03. The van der Waals surface area contributed by atoms with E-state index in [9.17, 15) is 13.2 Å². The van der Waals surface area contributed by atoms with Crippen LogP contribution < -0.4 is 5.32 Å². The van der Waals surface area contributed by atoms with E-state index in [1.54, 1.807) is 13.1 Å². The molecule has 2 aromatic carbocycles. The molecule has 0 aliphatic carbocycles. The van der Waals surface area contributed by atoms with Gasteiger partial charge in [0, 0.05) is 25.5 Å². The number of benzene rings is 2. The number of sulfonamides is 1. The van der Waals surface area contributed by atoms with Gasteiger partial charge < -0.3 is 5.32 Å². The Balaban J connectivity index is 1.44. The summed E-state index contributed by atoms with van der Waals surface area (Å²) in [6, 6.07) is 16.8. The lowest BCUT2D eigenvalue weighted by molar-refractivity contribution is -0.125. The van der Waals surface area contributed by atoms with Crippen molar-refractivity contribution in [1.82, 2.24) is 19.4 Å². The van der Waals surface area contributed by atoms with Gasteiger partial charge in [0.1, 0.15) is 6.04 Å². The Morgan fingerprint density at radius 3 is 2.45 bits per heavy atom. The van der Waals surface area contributed by atoms with Crippen molar-refractivity contribution in [2.24, 2.45) is 0 Å². The Labute approximate surface area is 182 Å². The molecule has 0 spiro atoms. The molecule has 1 atom stereocenters. The molecule has 2 heterocycles. The Morgan fingerprint density at radius 1 is 1.06 bits per heavy atom. The lowest BCUT2D eigenvalue weighted by Crippen LogP contribution is -2.52. The first-order valence-corrected chi connectivity index (χ1v) is 12.0. The van der Waals surface area contributed by atoms with Crippen LogP contribution in [0.2, 0.25) is 0 Å². The molecular formula is C23H26N4O3S. The lowest BCUT2D eigenvalue weighted by atomic mass is 9.95. The van der Waals surface area contributed by atoms with Gasteiger partial charge in [0.2, 0.25) is 15.9 Å². The summed E-state index contributed by atoms with van der Waals surface area (Å²) in [5.74, 6) is -0.302. The van der Waals surface area contributed by atoms with Gasteiger partial charge in [-0.2, -0.15) is 9.40 Å². The van der Waals surface area contributed by atoms with Crippen molar-refractivity contribution in [2.45, 2.75) is 39.0 Å². The molecule has 1 N–H and O–H groups in total. The van der Waals surface area contributed by atoms with Crippen LogP contribution in [-0.4, -0.2) is 40.2 Å². The molecule has 0 saturated carbocycles. The van der Waals surface area contributed by atoms with Crippen molar-refractivity contribution in [3.05, 3.63) is 89.2 Å². The summed E-state index contributed by atoms with van der Waals surface area (Å²) in [7, 11) is -3.51. The molecule has 0 fully saturated rings. The smallest absolute Gasteiger partial charge is 0.239 e. The third-order valence-electron chi connectivity index (χ3n) is 5.62. The normalized spacial score (nSPS) is 16.6. The van der Waals surface area contributed by atoms with Crippen LogP contribution in [0.3, 0.4) is 0 Å². The molecule has 0 radical (unpaired) electrons. The fraction of sp³-hybridized carbons (Fsp3) is 0.304. The highest BCUT2D eigenvalue weighted by atomic mass is 32.2. The summed E-state index contributed by atoms with van der Waals surface area (Å²) in [6.45, 7) is 2.87. The zero-order valence-corrected chi connectivity index (χ0v) is 18.3. The molecule has 7 nitrogen and oxygen atoms in total. The Morgan fingerprint density at radius 2 is 1.77 bits per heavy atom. The highest BCUT2D eigenvalue weighted by Gasteiger charge is 2.37. The average Bonchev–Trinajstić information content (AvgIpc) is 3.30. The number of rotatable bonds is 7. The third kappa shape index (κ3) is 4.86. The first-order chi connectivity index (χ1) is 15.0. The second-order valence-corrected chi connectivity index (χ2v) is 9.88. The molecular weight excluding hydrogens is 412 g/mol. The Hall–Kier alpha value is -2.97. The second-order valence-electron chi connectivity index (χ2n) is 7.67. The highest BCUT2D eigenvalue weighted by Crippen LogP contribution is 2.26. The van der Waals surface area contributed by atoms with Gasteiger partial charge in [-0.1, -0.05) is 48.5 Å². The van der Waals surface area contributed by atoms with Gasteiger partial charge in [-0.05, 0) is 41.7 Å². The maximum atomic E-state index is 13.0. The van der Waals surface area contributed by atoms with E-state index < -0.39 is 16.1 Å². The van der Waals surface area contributed by atoms with E-state index in [0.29, 0.717) is 19.5 Å². The minimum absolute atomic E-state index is 0.0311. The number of nitrogens with one attached hydrogen (secondary N) is 1. The van der Waals surface area contributed by atoms with Gasteiger partial charge in [-0.3, -0.25) is 9.48 Å². The number of hydrogen-bond donors (Lipinski definition) is 1. The SMILES string of the molecule is CCS(=O)(=O)N1Cc2ccccc2CC1C(=O)NCc1ccc(Cn2cccn2)cc1. The highest BCUT2D eigenvalue weighted by molar-refractivity contribution is 7.89. The van der Waals surface area contributed by atoms with Crippen molar-refractivity contribution in [3.63, 3.8) is 0 Å². The van der Waals surface area contributed by atoms with Crippen LogP contribution in [0.5, 0.6) is 0 Å². The Bertz CT molecular complexity index is 1140. The first kappa shape index (κ1) is 21.3. The summed E-state index contributed by atoms with van der Waals surface area (Å²) >= 11 is 0. The molecule has 1 aliphatic rings. The van der Waals surface area contributed by atoms with E-state index in [4.69, 9.17) is 0 Å². The van der Waals surface area contributed by atoms with Crippen LogP contribution in [0, 0.1) is 0 Å². The zero-order chi connectivity index (χ0) is 21.8. The van der Waals surface area contributed by atoms with Crippen molar-refractivity contribution in [1.29, 1.82) is 0 Å². The van der Waals surface area contributed by atoms with Crippen molar-refractivity contribution >= 4 is 15.9 Å². The summed E-state index contributed by atoms with van der Waals surface area (Å²) < 4.78 is 28.5. The summed E-state index contributed by atoms with van der Waals surface area (Å²) in [4.78, 5) is 13.0. The van der Waals surface area contributed by atoms with E-state index in [-0.39, 0.29) is 18.2 Å². The zero-order valence-electron chi connectivity index (χ0n) is 17.4. The van der Waals surface area contributed by atoms with E-state index >= 15 is 0 Å². The largest absolute Gasteiger partial charge is 0.351 e. The predicted molar refractivity (Wildman–Crippen MR) is 119 cm³/mol. The van der Waals surface area contributed by atoms with Crippen molar-refractivity contribution in [2.75, 3.05) is 5.75 Å². The molecule has 0 saturated heterocycles. The number of hydrogen-bond acceptors (Lipinski definition) is 4. The van der Waals surface area contributed by atoms with Crippen molar-refractivity contribution in [3.8, 4) is 0 Å². The minimum atomic E-state index is -3.51. The topological polar surface area (TPSA) is 84.3 Å². The van der Waals surface area contributed by atoms with Crippen LogP contribution in [-0.2, 0) is 40.9 Å². The maximum Gasteiger partial charge on any atom is 0.239 e. The van der Waals surface area contributed by atoms with Gasteiger partial charge in [0.05, 0.1) is 12.3 Å². The van der Waals surface area contributed by atoms with Crippen LogP contribution in [0.1, 0.15) is 29.2 Å². The monoisotopic (exact) mass is 438 g/mol. The van der Waals surface area contributed by atoms with Crippen LogP contribution in [0.4, 0.5) is 0 Å². The molecule has 4 rings (SSSR count). The number of fused-ring (bicyclic) bond motifs is 1. The molecule has 1 aliphatic heterocycles. The minimum Gasteiger partial charge on any atom is -0.351 e. The van der Waals surface area contributed by atoms with E-state index in [1.807, 2.05) is 65.5 Å². The summed E-state index contributed by atoms with van der Waals surface area (Å²) in [5.41, 5.74) is 4.05. The number of aromatic nitrogens is 2. The van der Waals surface area contributed by atoms with E-state index in [2.05, 4.69) is 10.4 Å². The van der Waals surface area contributed by atoms with Gasteiger partial charge in [0.25, 0.3) is 0 Å². The molecule has 1 unspecified atom stereocenters. The number of amides is 1. The molecule has 0 bridgehead atoms. The predicted octanol–water partition coefficient (Wildman–Crippen LogP) is 2.32. The Kier molecular flexibility index (Phi) is 6.20. The maximum absolute atomic E-state index is 13.0. The van der Waals surface area contributed by atoms with Crippen molar-refractivity contribution < 1.29 is 13.2 Å². The fourth-order valence-corrected chi connectivity index (χ4v) is 5.06. The quantitative estimate of drug-likeness (QED) is 0.614. The number of carbonyl (C=O) groups excluding carboxylic acids is 1. The molecule has 162 valence electrons. The standard InChI is InChI=1S/C23H26N4O3S/c1-2-31(29,30)27-17-21-7-4-3-6-20(21)14-22(27)23(28)24-15-18-8-10-19(11-9-18)16-26-13-5-12-25-26/h3-13,22H,2,14-17H2,1H3,(H,24,28). The number of carbonyl (C=O) groups is 1. The van der Waals surface area contributed by atoms with E-state index in [1.165, 1.54) is 4.31 Å². The molecule has 3 aromatic rings. The average molecular weight is 439 g/mol. The lowest BCUT2D eigenvalue weighted by Gasteiger charge is -2.34. The van der Waals surface area contributed by atoms with Crippen LogP contribution in [0.15, 0.2) is 67.0 Å². The van der Waals surface area contributed by atoms with E-state index in [0.717, 1.165) is 22.3 Å². The molecule has 1 aromatic heterocycles. The fourth-order valence-electron chi connectivity index (χ4n) is 3.83. The van der Waals surface area contributed by atoms with Gasteiger partial charge in [-0.25, -0.2) is 8.42 Å². The van der Waals surface area contributed by atoms with Crippen LogP contribution >= 0.6 is 0 Å². The van der Waals surface area contributed by atoms with Crippen LogP contribution in [0.25, 0.3) is 0 Å². The van der Waals surface area contributed by atoms with Gasteiger partial charge >= 0.3 is 0 Å². The molecule has 31 heavy (non-hydrogen) atoms. The van der Waals surface area contributed by atoms with Gasteiger partial charge in [-0.15, -0.1) is 0 Å². The van der Waals surface area contributed by atoms with Gasteiger partial charge in [0.15, 0.2) is 0 Å². The third-order valence-corrected chi connectivity index (χ3v) is 7.45. The molecule has 8 heteroatoms. The summed E-state index contributed by atoms with van der Waals surface area (Å²) in [6.07, 6.45) is 4.03. The number of nitrogens with zero attached hydrogens (tertiary/aromatic N) is 3. The summed E-state index contributed by atoms with van der Waals surface area (Å²) in [5, 5.41) is 7.13.